The Bertz CT molecular complexity index is 801. The zero-order valence-corrected chi connectivity index (χ0v) is 16.7. The molecule has 0 spiro atoms. The van der Waals surface area contributed by atoms with Crippen molar-refractivity contribution in [3.63, 3.8) is 0 Å². The summed E-state index contributed by atoms with van der Waals surface area (Å²) in [6.07, 6.45) is 0.854. The Kier molecular flexibility index (Phi) is 6.98. The third kappa shape index (κ3) is 4.87. The van der Waals surface area contributed by atoms with Crippen molar-refractivity contribution in [1.29, 1.82) is 0 Å². The molecule has 1 aromatic heterocycles. The van der Waals surface area contributed by atoms with E-state index in [-0.39, 0.29) is 30.3 Å². The van der Waals surface area contributed by atoms with Gasteiger partial charge in [-0.25, -0.2) is 0 Å². The van der Waals surface area contributed by atoms with E-state index in [1.807, 2.05) is 38.1 Å². The average molecular weight is 392 g/mol. The van der Waals surface area contributed by atoms with Crippen molar-refractivity contribution >= 4 is 29.9 Å². The fraction of sp³-hybridized carbons (Fsp3) is 0.421. The monoisotopic (exact) mass is 391 g/mol. The van der Waals surface area contributed by atoms with Crippen molar-refractivity contribution < 1.29 is 9.59 Å². The van der Waals surface area contributed by atoms with Crippen molar-refractivity contribution in [2.45, 2.75) is 46.3 Å². The molecule has 0 fully saturated rings. The first-order valence-corrected chi connectivity index (χ1v) is 8.90. The Hall–Kier alpha value is -2.38. The van der Waals surface area contributed by atoms with Gasteiger partial charge in [-0.1, -0.05) is 12.1 Å². The zero-order valence-electron chi connectivity index (χ0n) is 15.8. The first kappa shape index (κ1) is 20.9. The Balaban J connectivity index is 0.00000261. The number of aromatic nitrogens is 2. The first-order chi connectivity index (χ1) is 12.5. The van der Waals surface area contributed by atoms with E-state index in [1.54, 1.807) is 11.8 Å². The molecule has 27 heavy (non-hydrogen) atoms. The van der Waals surface area contributed by atoms with Crippen molar-refractivity contribution in [2.75, 3.05) is 11.9 Å². The molecule has 2 heterocycles. The number of halogens is 1. The van der Waals surface area contributed by atoms with E-state index in [0.29, 0.717) is 24.5 Å². The molecule has 3 rings (SSSR count). The Morgan fingerprint density at radius 1 is 1.26 bits per heavy atom. The summed E-state index contributed by atoms with van der Waals surface area (Å²) in [7, 11) is 0. The van der Waals surface area contributed by atoms with Crippen LogP contribution in [0.2, 0.25) is 0 Å². The molecule has 2 amide bonds. The number of nitrogens with zero attached hydrogens (tertiary/aromatic N) is 2. The van der Waals surface area contributed by atoms with Gasteiger partial charge in [-0.05, 0) is 31.5 Å². The Morgan fingerprint density at radius 3 is 2.59 bits per heavy atom. The van der Waals surface area contributed by atoms with E-state index in [4.69, 9.17) is 0 Å². The quantitative estimate of drug-likeness (QED) is 0.730. The second-order valence-electron chi connectivity index (χ2n) is 6.85. The van der Waals surface area contributed by atoms with E-state index in [0.717, 1.165) is 29.8 Å². The number of nitrogens with one attached hydrogen (secondary N) is 3. The molecule has 0 unspecified atom stereocenters. The first-order valence-electron chi connectivity index (χ1n) is 8.90. The predicted molar refractivity (Wildman–Crippen MR) is 107 cm³/mol. The maximum atomic E-state index is 12.5. The number of fused-ring (bicyclic) bond motifs is 1. The van der Waals surface area contributed by atoms with Crippen LogP contribution >= 0.6 is 12.4 Å². The summed E-state index contributed by atoms with van der Waals surface area (Å²) < 4.78 is 0. The van der Waals surface area contributed by atoms with Crippen molar-refractivity contribution in [3.05, 3.63) is 46.8 Å². The second kappa shape index (κ2) is 9.01. The fourth-order valence-electron chi connectivity index (χ4n) is 3.15. The lowest BCUT2D eigenvalue weighted by Crippen LogP contribution is -2.34. The maximum Gasteiger partial charge on any atom is 0.276 e. The van der Waals surface area contributed by atoms with Gasteiger partial charge in [0.1, 0.15) is 0 Å². The molecule has 1 aliphatic heterocycles. The number of carbonyl (C=O) groups excluding carboxylic acids is 2. The molecule has 8 heteroatoms. The third-order valence-corrected chi connectivity index (χ3v) is 4.61. The van der Waals surface area contributed by atoms with Gasteiger partial charge in [0.05, 0.1) is 0 Å². The summed E-state index contributed by atoms with van der Waals surface area (Å²) in [6, 6.07) is 7.70. The van der Waals surface area contributed by atoms with Crippen molar-refractivity contribution in [1.82, 2.24) is 20.4 Å². The summed E-state index contributed by atoms with van der Waals surface area (Å²) >= 11 is 0. The topological polar surface area (TPSA) is 90.1 Å². The number of hydrogen-bond donors (Lipinski definition) is 3. The molecule has 0 atom stereocenters. The number of rotatable bonds is 5. The lowest BCUT2D eigenvalue weighted by molar-refractivity contribution is -0.131. The van der Waals surface area contributed by atoms with Crippen LogP contribution in [0.25, 0.3) is 0 Å². The summed E-state index contributed by atoms with van der Waals surface area (Å²) in [5, 5.41) is 13.3. The van der Waals surface area contributed by atoms with Gasteiger partial charge in [-0.3, -0.25) is 14.7 Å². The summed E-state index contributed by atoms with van der Waals surface area (Å²) in [4.78, 5) is 26.0. The summed E-state index contributed by atoms with van der Waals surface area (Å²) in [5.74, 6) is -0.166. The molecular formula is C19H26ClN5O2. The van der Waals surface area contributed by atoms with Crippen LogP contribution in [-0.4, -0.2) is 39.5 Å². The average Bonchev–Trinajstić information content (AvgIpc) is 3.04. The number of amides is 2. The molecule has 7 nitrogen and oxygen atoms in total. The highest BCUT2D eigenvalue weighted by molar-refractivity contribution is 6.04. The van der Waals surface area contributed by atoms with Gasteiger partial charge in [-0.2, -0.15) is 5.10 Å². The second-order valence-corrected chi connectivity index (χ2v) is 6.85. The van der Waals surface area contributed by atoms with Crippen LogP contribution in [0, 0.1) is 0 Å². The molecule has 146 valence electrons. The molecule has 0 aliphatic carbocycles. The van der Waals surface area contributed by atoms with E-state index < -0.39 is 0 Å². The molecule has 0 saturated carbocycles. The standard InChI is InChI=1S/C19H25N5O2.ClH/c1-12(2)24(13(3)25)11-14-4-6-15(7-5-14)21-19(26)18-16-10-20-9-8-17(16)22-23-18;/h4-7,12,20H,8-11H2,1-3H3,(H,21,26)(H,22,23);1H. The zero-order chi connectivity index (χ0) is 18.7. The normalized spacial score (nSPS) is 12.9. The molecular weight excluding hydrogens is 366 g/mol. The molecule has 2 aromatic rings. The van der Waals surface area contributed by atoms with Crippen LogP contribution < -0.4 is 10.6 Å². The number of aromatic amines is 1. The smallest absolute Gasteiger partial charge is 0.276 e. The highest BCUT2D eigenvalue weighted by atomic mass is 35.5. The van der Waals surface area contributed by atoms with Crippen LogP contribution in [0.15, 0.2) is 24.3 Å². The lowest BCUT2D eigenvalue weighted by Gasteiger charge is -2.25. The predicted octanol–water partition coefficient (Wildman–Crippen LogP) is 2.49. The minimum absolute atomic E-state index is 0. The molecule has 1 aliphatic rings. The van der Waals surface area contributed by atoms with E-state index in [1.165, 1.54) is 0 Å². The van der Waals surface area contributed by atoms with Gasteiger partial charge in [-0.15, -0.1) is 12.4 Å². The van der Waals surface area contributed by atoms with E-state index in [2.05, 4.69) is 20.8 Å². The van der Waals surface area contributed by atoms with Gasteiger partial charge in [0.2, 0.25) is 5.91 Å². The van der Waals surface area contributed by atoms with Gasteiger partial charge in [0.25, 0.3) is 5.91 Å². The van der Waals surface area contributed by atoms with Crippen molar-refractivity contribution in [3.8, 4) is 0 Å². The molecule has 0 bridgehead atoms. The molecule has 0 saturated heterocycles. The molecule has 1 aromatic carbocycles. The van der Waals surface area contributed by atoms with Gasteiger partial charge in [0.15, 0.2) is 5.69 Å². The maximum absolute atomic E-state index is 12.5. The Morgan fingerprint density at radius 2 is 1.96 bits per heavy atom. The SMILES string of the molecule is CC(=O)N(Cc1ccc(NC(=O)c2n[nH]c3c2CNCC3)cc1)C(C)C.Cl. The van der Waals surface area contributed by atoms with E-state index in [9.17, 15) is 9.59 Å². The number of anilines is 1. The largest absolute Gasteiger partial charge is 0.336 e. The van der Waals surface area contributed by atoms with Crippen LogP contribution in [0.4, 0.5) is 5.69 Å². The van der Waals surface area contributed by atoms with Crippen LogP contribution in [0.1, 0.15) is 48.1 Å². The number of H-pyrrole nitrogens is 1. The lowest BCUT2D eigenvalue weighted by atomic mass is 10.1. The van der Waals surface area contributed by atoms with E-state index >= 15 is 0 Å². The molecule has 0 radical (unpaired) electrons. The highest BCUT2D eigenvalue weighted by Crippen LogP contribution is 2.18. The fourth-order valence-corrected chi connectivity index (χ4v) is 3.15. The molecule has 3 N–H and O–H groups in total. The number of carbonyl (C=O) groups is 2. The van der Waals surface area contributed by atoms with Gasteiger partial charge in [0, 0.05) is 56.0 Å². The summed E-state index contributed by atoms with van der Waals surface area (Å²) in [6.45, 7) is 7.67. The number of benzene rings is 1. The Labute approximate surface area is 165 Å². The van der Waals surface area contributed by atoms with Crippen molar-refractivity contribution in [2.24, 2.45) is 0 Å². The van der Waals surface area contributed by atoms with Crippen LogP contribution in [0.5, 0.6) is 0 Å². The number of hydrogen-bond acceptors (Lipinski definition) is 4. The summed E-state index contributed by atoms with van der Waals surface area (Å²) in [5.41, 5.74) is 4.15. The van der Waals surface area contributed by atoms with Crippen LogP contribution in [0.3, 0.4) is 0 Å². The van der Waals surface area contributed by atoms with Gasteiger partial charge < -0.3 is 15.5 Å². The van der Waals surface area contributed by atoms with Gasteiger partial charge >= 0.3 is 0 Å². The minimum Gasteiger partial charge on any atom is -0.336 e. The third-order valence-electron chi connectivity index (χ3n) is 4.61. The highest BCUT2D eigenvalue weighted by Gasteiger charge is 2.21. The minimum atomic E-state index is -0.216. The van der Waals surface area contributed by atoms with Crippen LogP contribution in [-0.2, 0) is 24.3 Å².